The number of nitrogens with one attached hydrogen (secondary N) is 1. The second-order valence-electron chi connectivity index (χ2n) is 3.53. The van der Waals surface area contributed by atoms with Gasteiger partial charge in [0.15, 0.2) is 0 Å². The van der Waals surface area contributed by atoms with Crippen LogP contribution >= 0.6 is 11.6 Å². The largest absolute Gasteiger partial charge is 0.265 e. The summed E-state index contributed by atoms with van der Waals surface area (Å²) in [5.41, 5.74) is -0.581. The third kappa shape index (κ3) is 2.84. The first kappa shape index (κ1) is 14.2. The summed E-state index contributed by atoms with van der Waals surface area (Å²) in [5.74, 6) is -1.20. The fourth-order valence-corrected chi connectivity index (χ4v) is 2.65. The molecule has 0 spiro atoms. The Kier molecular flexibility index (Phi) is 3.83. The van der Waals surface area contributed by atoms with E-state index in [1.807, 2.05) is 4.72 Å². The smallest absolute Gasteiger partial charge is 0.247 e. The van der Waals surface area contributed by atoms with E-state index < -0.39 is 26.3 Å². The summed E-state index contributed by atoms with van der Waals surface area (Å²) in [6.07, 6.45) is 1.25. The fourth-order valence-electron chi connectivity index (χ4n) is 1.40. The van der Waals surface area contributed by atoms with Crippen LogP contribution in [0.3, 0.4) is 0 Å². The molecule has 0 unspecified atom stereocenters. The van der Waals surface area contributed by atoms with Crippen LogP contribution < -0.4 is 4.72 Å². The molecule has 1 N–H and O–H groups in total. The van der Waals surface area contributed by atoms with Gasteiger partial charge in [0.25, 0.3) is 10.0 Å². The quantitative estimate of drug-likeness (QED) is 0.874. The topological polar surface area (TPSA) is 95.7 Å². The maximum absolute atomic E-state index is 13.4. The summed E-state index contributed by atoms with van der Waals surface area (Å²) in [5, 5.41) is 8.88. The Bertz CT molecular complexity index is 804. The zero-order valence-electron chi connectivity index (χ0n) is 9.71. The molecule has 0 saturated carbocycles. The summed E-state index contributed by atoms with van der Waals surface area (Å²) in [6.45, 7) is 0. The Morgan fingerprint density at radius 1 is 1.35 bits per heavy atom. The molecule has 0 radical (unpaired) electrons. The van der Waals surface area contributed by atoms with Crippen LogP contribution in [0, 0.1) is 17.1 Å². The van der Waals surface area contributed by atoms with E-state index in [2.05, 4.69) is 9.97 Å². The Balaban J connectivity index is 2.47. The lowest BCUT2D eigenvalue weighted by atomic mass is 10.2. The Hall–Kier alpha value is -2.24. The number of hydrogen-bond donors (Lipinski definition) is 1. The van der Waals surface area contributed by atoms with Crippen LogP contribution in [-0.4, -0.2) is 18.4 Å². The van der Waals surface area contributed by atoms with E-state index in [1.54, 1.807) is 0 Å². The average molecular weight is 313 g/mol. The van der Waals surface area contributed by atoms with Crippen molar-refractivity contribution in [2.75, 3.05) is 4.72 Å². The number of aromatic nitrogens is 2. The number of rotatable bonds is 3. The van der Waals surface area contributed by atoms with E-state index in [0.717, 1.165) is 12.1 Å². The fraction of sp³-hybridized carbons (Fsp3) is 0. The molecule has 1 heterocycles. The van der Waals surface area contributed by atoms with Crippen molar-refractivity contribution >= 4 is 27.6 Å². The Morgan fingerprint density at radius 2 is 2.10 bits per heavy atom. The SMILES string of the molecule is N#Cc1c(F)cccc1S(=O)(=O)Nc1nccc(Cl)n1. The van der Waals surface area contributed by atoms with Gasteiger partial charge in [0, 0.05) is 6.20 Å². The predicted molar refractivity (Wildman–Crippen MR) is 69.0 cm³/mol. The van der Waals surface area contributed by atoms with Crippen molar-refractivity contribution in [3.8, 4) is 6.07 Å². The maximum atomic E-state index is 13.4. The summed E-state index contributed by atoms with van der Waals surface area (Å²) in [6, 6.07) is 6.15. The van der Waals surface area contributed by atoms with Crippen molar-refractivity contribution in [1.82, 2.24) is 9.97 Å². The highest BCUT2D eigenvalue weighted by atomic mass is 35.5. The molecule has 0 fully saturated rings. The third-order valence-electron chi connectivity index (χ3n) is 2.22. The van der Waals surface area contributed by atoms with Crippen LogP contribution in [-0.2, 0) is 10.0 Å². The van der Waals surface area contributed by atoms with Gasteiger partial charge in [0.1, 0.15) is 27.5 Å². The van der Waals surface area contributed by atoms with Gasteiger partial charge in [-0.25, -0.2) is 27.5 Å². The summed E-state index contributed by atoms with van der Waals surface area (Å²) in [4.78, 5) is 6.82. The summed E-state index contributed by atoms with van der Waals surface area (Å²) in [7, 11) is -4.19. The standard InChI is InChI=1S/C11H6ClFN4O2S/c12-10-4-5-15-11(16-10)17-20(18,19)9-3-1-2-8(13)7(9)6-14/h1-5H,(H,15,16,17). The van der Waals surface area contributed by atoms with Gasteiger partial charge in [-0.15, -0.1) is 0 Å². The molecule has 0 atom stereocenters. The molecular weight excluding hydrogens is 307 g/mol. The van der Waals surface area contributed by atoms with Crippen LogP contribution in [0.2, 0.25) is 5.15 Å². The molecule has 0 saturated heterocycles. The molecule has 0 aliphatic heterocycles. The number of sulfonamides is 1. The van der Waals surface area contributed by atoms with Gasteiger partial charge in [-0.2, -0.15) is 5.26 Å². The van der Waals surface area contributed by atoms with Crippen LogP contribution in [0.5, 0.6) is 0 Å². The number of nitrogens with zero attached hydrogens (tertiary/aromatic N) is 3. The second kappa shape index (κ2) is 5.40. The highest BCUT2D eigenvalue weighted by molar-refractivity contribution is 7.92. The van der Waals surface area contributed by atoms with Crippen molar-refractivity contribution in [2.24, 2.45) is 0 Å². The van der Waals surface area contributed by atoms with Crippen molar-refractivity contribution in [2.45, 2.75) is 4.90 Å². The van der Waals surface area contributed by atoms with Gasteiger partial charge in [-0.3, -0.25) is 0 Å². The summed E-state index contributed by atoms with van der Waals surface area (Å²) >= 11 is 5.61. The van der Waals surface area contributed by atoms with Gasteiger partial charge in [0.2, 0.25) is 5.95 Å². The van der Waals surface area contributed by atoms with Gasteiger partial charge >= 0.3 is 0 Å². The highest BCUT2D eigenvalue weighted by Gasteiger charge is 2.22. The highest BCUT2D eigenvalue weighted by Crippen LogP contribution is 2.20. The van der Waals surface area contributed by atoms with Gasteiger partial charge in [0.05, 0.1) is 0 Å². The molecule has 102 valence electrons. The lowest BCUT2D eigenvalue weighted by molar-refractivity contribution is 0.593. The number of anilines is 1. The first-order chi connectivity index (χ1) is 9.44. The van der Waals surface area contributed by atoms with E-state index >= 15 is 0 Å². The molecule has 0 aliphatic rings. The Morgan fingerprint density at radius 3 is 2.75 bits per heavy atom. The zero-order chi connectivity index (χ0) is 14.8. The second-order valence-corrected chi connectivity index (χ2v) is 5.57. The number of halogens is 2. The number of nitriles is 1. The molecule has 0 bridgehead atoms. The minimum atomic E-state index is -4.19. The molecule has 0 aliphatic carbocycles. The lowest BCUT2D eigenvalue weighted by Gasteiger charge is -2.08. The van der Waals surface area contributed by atoms with Crippen LogP contribution in [0.1, 0.15) is 5.56 Å². The monoisotopic (exact) mass is 312 g/mol. The average Bonchev–Trinajstić information content (AvgIpc) is 2.38. The third-order valence-corrected chi connectivity index (χ3v) is 3.80. The molecule has 1 aromatic carbocycles. The normalized spacial score (nSPS) is 10.8. The maximum Gasteiger partial charge on any atom is 0.265 e. The van der Waals surface area contributed by atoms with E-state index in [1.165, 1.54) is 24.4 Å². The van der Waals surface area contributed by atoms with Crippen molar-refractivity contribution in [1.29, 1.82) is 5.26 Å². The molecule has 20 heavy (non-hydrogen) atoms. The van der Waals surface area contributed by atoms with Crippen molar-refractivity contribution in [3.63, 3.8) is 0 Å². The molecule has 6 nitrogen and oxygen atoms in total. The van der Waals surface area contributed by atoms with E-state index in [9.17, 15) is 12.8 Å². The number of hydrogen-bond acceptors (Lipinski definition) is 5. The van der Waals surface area contributed by atoms with E-state index in [4.69, 9.17) is 16.9 Å². The zero-order valence-corrected chi connectivity index (χ0v) is 11.3. The molecule has 1 aromatic heterocycles. The van der Waals surface area contributed by atoms with E-state index in [0.29, 0.717) is 0 Å². The number of benzene rings is 1. The minimum Gasteiger partial charge on any atom is -0.247 e. The Labute approximate surface area is 118 Å². The predicted octanol–water partition coefficient (Wildman–Crippen LogP) is 1.94. The molecular formula is C11H6ClFN4O2S. The molecule has 2 aromatic rings. The molecule has 2 rings (SSSR count). The van der Waals surface area contributed by atoms with Gasteiger partial charge in [-0.1, -0.05) is 17.7 Å². The van der Waals surface area contributed by atoms with Crippen molar-refractivity contribution in [3.05, 3.63) is 47.0 Å². The first-order valence-corrected chi connectivity index (χ1v) is 7.00. The minimum absolute atomic E-state index is 0.0393. The lowest BCUT2D eigenvalue weighted by Crippen LogP contribution is -2.16. The molecule has 0 amide bonds. The van der Waals surface area contributed by atoms with Crippen LogP contribution in [0.25, 0.3) is 0 Å². The summed E-state index contributed by atoms with van der Waals surface area (Å²) < 4.78 is 39.6. The van der Waals surface area contributed by atoms with Gasteiger partial charge < -0.3 is 0 Å². The molecule has 9 heteroatoms. The van der Waals surface area contributed by atoms with Gasteiger partial charge in [-0.05, 0) is 18.2 Å². The van der Waals surface area contributed by atoms with E-state index in [-0.39, 0.29) is 11.1 Å². The van der Waals surface area contributed by atoms with Crippen LogP contribution in [0.15, 0.2) is 35.4 Å². The van der Waals surface area contributed by atoms with Crippen molar-refractivity contribution < 1.29 is 12.8 Å². The first-order valence-electron chi connectivity index (χ1n) is 5.14. The van der Waals surface area contributed by atoms with Crippen LogP contribution in [0.4, 0.5) is 10.3 Å².